The highest BCUT2D eigenvalue weighted by atomic mass is 16.5. The van der Waals surface area contributed by atoms with Crippen molar-refractivity contribution in [2.75, 3.05) is 11.9 Å². The summed E-state index contributed by atoms with van der Waals surface area (Å²) in [7, 11) is 0. The van der Waals surface area contributed by atoms with Crippen molar-refractivity contribution in [3.63, 3.8) is 0 Å². The number of amides is 1. The standard InChI is InChI=1S/C19H24N2O4/c1-5-8-24-13(4)20-17(12(2)3)10-18(22)21-15-7-6-14-11-25-19(23)16(14)9-15/h5-7,9,12,17,20H,1,4,8,10-11H2,2-3H3,(H,21,22). The van der Waals surface area contributed by atoms with Gasteiger partial charge in [-0.25, -0.2) is 4.79 Å². The van der Waals surface area contributed by atoms with E-state index < -0.39 is 0 Å². The summed E-state index contributed by atoms with van der Waals surface area (Å²) in [5.41, 5.74) is 1.91. The van der Waals surface area contributed by atoms with E-state index in [1.165, 1.54) is 0 Å². The Balaban J connectivity index is 1.95. The van der Waals surface area contributed by atoms with E-state index in [1.807, 2.05) is 13.8 Å². The fourth-order valence-electron chi connectivity index (χ4n) is 2.46. The molecule has 2 N–H and O–H groups in total. The number of carbonyl (C=O) groups excluding carboxylic acids is 2. The molecule has 0 bridgehead atoms. The first-order valence-corrected chi connectivity index (χ1v) is 8.19. The second kappa shape index (κ2) is 8.37. The van der Waals surface area contributed by atoms with Crippen LogP contribution in [-0.4, -0.2) is 24.5 Å². The first-order chi connectivity index (χ1) is 11.9. The van der Waals surface area contributed by atoms with Gasteiger partial charge in [0.15, 0.2) is 5.88 Å². The highest BCUT2D eigenvalue weighted by molar-refractivity contribution is 5.97. The van der Waals surface area contributed by atoms with Crippen molar-refractivity contribution in [1.29, 1.82) is 0 Å². The van der Waals surface area contributed by atoms with Gasteiger partial charge in [0.1, 0.15) is 13.2 Å². The molecule has 1 amide bonds. The zero-order valence-electron chi connectivity index (χ0n) is 14.6. The summed E-state index contributed by atoms with van der Waals surface area (Å²) in [5.74, 6) is 0.0917. The number of ether oxygens (including phenoxy) is 2. The van der Waals surface area contributed by atoms with E-state index in [-0.39, 0.29) is 36.9 Å². The Labute approximate surface area is 147 Å². The fourth-order valence-corrected chi connectivity index (χ4v) is 2.46. The lowest BCUT2D eigenvalue weighted by Gasteiger charge is -2.24. The zero-order valence-corrected chi connectivity index (χ0v) is 14.6. The molecule has 2 rings (SSSR count). The Bertz CT molecular complexity index is 682. The highest BCUT2D eigenvalue weighted by Gasteiger charge is 2.22. The number of nitrogens with one attached hydrogen (secondary N) is 2. The highest BCUT2D eigenvalue weighted by Crippen LogP contribution is 2.23. The largest absolute Gasteiger partial charge is 0.476 e. The molecule has 1 aromatic rings. The third-order valence-electron chi connectivity index (χ3n) is 3.90. The summed E-state index contributed by atoms with van der Waals surface area (Å²) in [5, 5.41) is 5.94. The molecule has 1 aromatic carbocycles. The van der Waals surface area contributed by atoms with E-state index in [0.29, 0.717) is 23.7 Å². The average Bonchev–Trinajstić information content (AvgIpc) is 2.93. The molecule has 1 atom stereocenters. The number of fused-ring (bicyclic) bond motifs is 1. The lowest BCUT2D eigenvalue weighted by Crippen LogP contribution is -2.37. The van der Waals surface area contributed by atoms with Crippen LogP contribution in [0.5, 0.6) is 0 Å². The molecule has 6 nitrogen and oxygen atoms in total. The average molecular weight is 344 g/mol. The number of carbonyl (C=O) groups is 2. The summed E-state index contributed by atoms with van der Waals surface area (Å²) in [4.78, 5) is 24.0. The molecule has 1 aliphatic rings. The van der Waals surface area contributed by atoms with Crippen molar-refractivity contribution in [3.8, 4) is 0 Å². The number of hydrogen-bond donors (Lipinski definition) is 2. The van der Waals surface area contributed by atoms with Crippen LogP contribution in [0.4, 0.5) is 5.69 Å². The van der Waals surface area contributed by atoms with Gasteiger partial charge in [0, 0.05) is 23.7 Å². The van der Waals surface area contributed by atoms with E-state index in [0.717, 1.165) is 5.56 Å². The molecule has 134 valence electrons. The molecule has 6 heteroatoms. The van der Waals surface area contributed by atoms with Crippen LogP contribution in [0, 0.1) is 5.92 Å². The number of rotatable bonds is 9. The van der Waals surface area contributed by atoms with Gasteiger partial charge in [-0.05, 0) is 24.6 Å². The van der Waals surface area contributed by atoms with Crippen molar-refractivity contribution in [2.24, 2.45) is 5.92 Å². The molecule has 0 saturated carbocycles. The predicted molar refractivity (Wildman–Crippen MR) is 95.9 cm³/mol. The minimum absolute atomic E-state index is 0.128. The van der Waals surface area contributed by atoms with E-state index >= 15 is 0 Å². The van der Waals surface area contributed by atoms with Crippen LogP contribution >= 0.6 is 0 Å². The molecular formula is C19H24N2O4. The molecule has 1 aliphatic heterocycles. The number of cyclic esters (lactones) is 1. The molecule has 25 heavy (non-hydrogen) atoms. The SMILES string of the molecule is C=CCOC(=C)NC(CC(=O)Nc1ccc2c(c1)C(=O)OC2)C(C)C. The van der Waals surface area contributed by atoms with Gasteiger partial charge in [-0.15, -0.1) is 0 Å². The van der Waals surface area contributed by atoms with E-state index in [2.05, 4.69) is 23.8 Å². The Morgan fingerprint density at radius 3 is 2.88 bits per heavy atom. The fraction of sp³-hybridized carbons (Fsp3) is 0.368. The quantitative estimate of drug-likeness (QED) is 0.409. The summed E-state index contributed by atoms with van der Waals surface area (Å²) < 4.78 is 10.3. The van der Waals surface area contributed by atoms with Gasteiger partial charge >= 0.3 is 5.97 Å². The van der Waals surface area contributed by atoms with Crippen LogP contribution < -0.4 is 10.6 Å². The molecule has 1 heterocycles. The summed E-state index contributed by atoms with van der Waals surface area (Å²) in [6.07, 6.45) is 1.87. The second-order valence-corrected chi connectivity index (χ2v) is 6.22. The van der Waals surface area contributed by atoms with Crippen LogP contribution in [0.25, 0.3) is 0 Å². The Morgan fingerprint density at radius 2 is 2.20 bits per heavy atom. The van der Waals surface area contributed by atoms with Gasteiger partial charge in [0.05, 0.1) is 5.56 Å². The van der Waals surface area contributed by atoms with Gasteiger partial charge in [-0.1, -0.05) is 32.6 Å². The Kier molecular flexibility index (Phi) is 6.22. The maximum absolute atomic E-state index is 12.4. The first kappa shape index (κ1) is 18.6. The molecule has 0 spiro atoms. The lowest BCUT2D eigenvalue weighted by atomic mass is 10.0. The summed E-state index contributed by atoms with van der Waals surface area (Å²) in [6.45, 7) is 12.0. The third-order valence-corrected chi connectivity index (χ3v) is 3.90. The second-order valence-electron chi connectivity index (χ2n) is 6.22. The Hall–Kier alpha value is -2.76. The van der Waals surface area contributed by atoms with Crippen LogP contribution in [-0.2, 0) is 20.9 Å². The Morgan fingerprint density at radius 1 is 1.44 bits per heavy atom. The van der Waals surface area contributed by atoms with Crippen molar-refractivity contribution >= 4 is 17.6 Å². The van der Waals surface area contributed by atoms with E-state index in [4.69, 9.17) is 9.47 Å². The maximum Gasteiger partial charge on any atom is 0.338 e. The molecular weight excluding hydrogens is 320 g/mol. The van der Waals surface area contributed by atoms with Gasteiger partial charge < -0.3 is 20.1 Å². The molecule has 0 aromatic heterocycles. The zero-order chi connectivity index (χ0) is 18.4. The number of benzene rings is 1. The first-order valence-electron chi connectivity index (χ1n) is 8.19. The molecule has 0 aliphatic carbocycles. The van der Waals surface area contributed by atoms with E-state index in [9.17, 15) is 9.59 Å². The number of hydrogen-bond acceptors (Lipinski definition) is 5. The molecule has 0 saturated heterocycles. The van der Waals surface area contributed by atoms with Crippen LogP contribution in [0.3, 0.4) is 0 Å². The van der Waals surface area contributed by atoms with Gasteiger partial charge in [0.2, 0.25) is 5.91 Å². The van der Waals surface area contributed by atoms with Crippen molar-refractivity contribution in [2.45, 2.75) is 32.9 Å². The summed E-state index contributed by atoms with van der Waals surface area (Å²) in [6, 6.07) is 5.07. The van der Waals surface area contributed by atoms with Gasteiger partial charge in [0.25, 0.3) is 0 Å². The predicted octanol–water partition coefficient (Wildman–Crippen LogP) is 2.97. The maximum atomic E-state index is 12.4. The van der Waals surface area contributed by atoms with Crippen molar-refractivity contribution in [1.82, 2.24) is 5.32 Å². The minimum Gasteiger partial charge on any atom is -0.476 e. The summed E-state index contributed by atoms with van der Waals surface area (Å²) >= 11 is 0. The molecule has 0 radical (unpaired) electrons. The number of anilines is 1. The van der Waals surface area contributed by atoms with Crippen molar-refractivity contribution in [3.05, 3.63) is 54.4 Å². The van der Waals surface area contributed by atoms with Crippen LogP contribution in [0.1, 0.15) is 36.2 Å². The van der Waals surface area contributed by atoms with Gasteiger partial charge in [-0.3, -0.25) is 4.79 Å². The topological polar surface area (TPSA) is 76.7 Å². The third kappa shape index (κ3) is 5.11. The smallest absolute Gasteiger partial charge is 0.338 e. The lowest BCUT2D eigenvalue weighted by molar-refractivity contribution is -0.116. The van der Waals surface area contributed by atoms with E-state index in [1.54, 1.807) is 24.3 Å². The molecule has 0 fully saturated rings. The minimum atomic E-state index is -0.358. The normalized spacial score (nSPS) is 13.6. The van der Waals surface area contributed by atoms with Crippen LogP contribution in [0.15, 0.2) is 43.3 Å². The molecule has 1 unspecified atom stereocenters. The number of esters is 1. The van der Waals surface area contributed by atoms with Crippen LogP contribution in [0.2, 0.25) is 0 Å². The van der Waals surface area contributed by atoms with Crippen molar-refractivity contribution < 1.29 is 19.1 Å². The monoisotopic (exact) mass is 344 g/mol. The van der Waals surface area contributed by atoms with Gasteiger partial charge in [-0.2, -0.15) is 0 Å².